The summed E-state index contributed by atoms with van der Waals surface area (Å²) in [6.45, 7) is 2.21. The van der Waals surface area contributed by atoms with Gasteiger partial charge in [0.25, 0.3) is 0 Å². The molecule has 1 N–H and O–H groups in total. The summed E-state index contributed by atoms with van der Waals surface area (Å²) in [4.78, 5) is 24.0. The van der Waals surface area contributed by atoms with Gasteiger partial charge in [-0.2, -0.15) is 0 Å². The molecule has 0 saturated carbocycles. The largest absolute Gasteiger partial charge is 0.350 e. The molecule has 1 saturated heterocycles. The normalized spacial score (nSPS) is 24.6. The van der Waals surface area contributed by atoms with Crippen LogP contribution in [0, 0.1) is 0 Å². The molecule has 14 heavy (non-hydrogen) atoms. The third kappa shape index (κ3) is 2.87. The Morgan fingerprint density at radius 1 is 1.71 bits per heavy atom. The van der Waals surface area contributed by atoms with Gasteiger partial charge in [-0.25, -0.2) is 0 Å². The van der Waals surface area contributed by atoms with E-state index in [2.05, 4.69) is 5.32 Å². The second-order valence-electron chi connectivity index (χ2n) is 3.63. The Bertz CT molecular complexity index is 243. The zero-order chi connectivity index (χ0) is 10.7. The molecule has 2 unspecified atom stereocenters. The van der Waals surface area contributed by atoms with Crippen LogP contribution in [0.25, 0.3) is 0 Å². The molecule has 0 bridgehead atoms. The summed E-state index contributed by atoms with van der Waals surface area (Å²) in [6, 6.07) is 0.0476. The van der Waals surface area contributed by atoms with Crippen LogP contribution in [0.2, 0.25) is 0 Å². The highest BCUT2D eigenvalue weighted by Crippen LogP contribution is 2.10. The lowest BCUT2D eigenvalue weighted by molar-refractivity contribution is -0.133. The maximum atomic E-state index is 11.3. The number of piperidine rings is 1. The van der Waals surface area contributed by atoms with Crippen LogP contribution >= 0.6 is 11.6 Å². The summed E-state index contributed by atoms with van der Waals surface area (Å²) in [5, 5.41) is 2.29. The van der Waals surface area contributed by atoms with Gasteiger partial charge in [0.15, 0.2) is 0 Å². The van der Waals surface area contributed by atoms with E-state index in [4.69, 9.17) is 11.6 Å². The Hall–Kier alpha value is -0.770. The Labute approximate surface area is 88.6 Å². The van der Waals surface area contributed by atoms with E-state index < -0.39 is 5.38 Å². The van der Waals surface area contributed by atoms with Gasteiger partial charge in [-0.15, -0.1) is 11.6 Å². The smallest absolute Gasteiger partial charge is 0.238 e. The van der Waals surface area contributed by atoms with Crippen molar-refractivity contribution in [1.29, 1.82) is 0 Å². The average Bonchev–Trinajstić information content (AvgIpc) is 2.11. The highest BCUT2D eigenvalue weighted by atomic mass is 35.5. The molecule has 0 aromatic heterocycles. The molecule has 0 spiro atoms. The zero-order valence-corrected chi connectivity index (χ0v) is 9.17. The van der Waals surface area contributed by atoms with Crippen LogP contribution in [0.5, 0.6) is 0 Å². The topological polar surface area (TPSA) is 49.4 Å². The number of likely N-dealkylation sites (N-methyl/N-ethyl adjacent to an activating group) is 1. The van der Waals surface area contributed by atoms with Gasteiger partial charge in [0.2, 0.25) is 11.8 Å². The second kappa shape index (κ2) is 4.64. The fourth-order valence-corrected chi connectivity index (χ4v) is 1.51. The number of nitrogens with zero attached hydrogens (tertiary/aromatic N) is 1. The SMILES string of the molecule is CC(Cl)C(=O)NC1CCC(=O)N(C)C1. The quantitative estimate of drug-likeness (QED) is 0.680. The van der Waals surface area contributed by atoms with Crippen molar-refractivity contribution in [1.82, 2.24) is 10.2 Å². The Morgan fingerprint density at radius 3 is 2.86 bits per heavy atom. The first-order chi connectivity index (χ1) is 6.50. The van der Waals surface area contributed by atoms with Crippen molar-refractivity contribution in [3.05, 3.63) is 0 Å². The molecular formula is C9H15ClN2O2. The van der Waals surface area contributed by atoms with Crippen molar-refractivity contribution >= 4 is 23.4 Å². The van der Waals surface area contributed by atoms with Crippen LogP contribution in [0.1, 0.15) is 19.8 Å². The van der Waals surface area contributed by atoms with Crippen LogP contribution in [-0.2, 0) is 9.59 Å². The number of hydrogen-bond acceptors (Lipinski definition) is 2. The highest BCUT2D eigenvalue weighted by Gasteiger charge is 2.24. The van der Waals surface area contributed by atoms with Gasteiger partial charge in [-0.3, -0.25) is 9.59 Å². The number of hydrogen-bond donors (Lipinski definition) is 1. The van der Waals surface area contributed by atoms with Gasteiger partial charge in [0.1, 0.15) is 5.38 Å². The van der Waals surface area contributed by atoms with Crippen molar-refractivity contribution in [3.63, 3.8) is 0 Å². The van der Waals surface area contributed by atoms with E-state index in [0.29, 0.717) is 19.4 Å². The van der Waals surface area contributed by atoms with E-state index in [0.717, 1.165) is 0 Å². The van der Waals surface area contributed by atoms with Crippen LogP contribution in [0.4, 0.5) is 0 Å². The van der Waals surface area contributed by atoms with Crippen LogP contribution < -0.4 is 5.32 Å². The monoisotopic (exact) mass is 218 g/mol. The number of halogens is 1. The predicted molar refractivity (Wildman–Crippen MR) is 54.1 cm³/mol. The molecule has 2 atom stereocenters. The molecule has 1 aliphatic heterocycles. The van der Waals surface area contributed by atoms with Gasteiger partial charge in [-0.1, -0.05) is 0 Å². The van der Waals surface area contributed by atoms with Crippen molar-refractivity contribution in [2.75, 3.05) is 13.6 Å². The zero-order valence-electron chi connectivity index (χ0n) is 8.42. The fourth-order valence-electron chi connectivity index (χ4n) is 1.45. The van der Waals surface area contributed by atoms with Crippen molar-refractivity contribution < 1.29 is 9.59 Å². The lowest BCUT2D eigenvalue weighted by Crippen LogP contribution is -2.49. The average molecular weight is 219 g/mol. The molecule has 0 aromatic rings. The predicted octanol–water partition coefficient (Wildman–Crippen LogP) is 0.351. The minimum absolute atomic E-state index is 0.0476. The fraction of sp³-hybridized carbons (Fsp3) is 0.778. The lowest BCUT2D eigenvalue weighted by atomic mass is 10.1. The Morgan fingerprint density at radius 2 is 2.36 bits per heavy atom. The summed E-state index contributed by atoms with van der Waals surface area (Å²) >= 11 is 5.62. The number of rotatable bonds is 2. The van der Waals surface area contributed by atoms with Gasteiger partial charge in [-0.05, 0) is 13.3 Å². The third-order valence-corrected chi connectivity index (χ3v) is 2.53. The minimum Gasteiger partial charge on any atom is -0.350 e. The molecular weight excluding hydrogens is 204 g/mol. The molecule has 1 fully saturated rings. The molecule has 0 radical (unpaired) electrons. The molecule has 1 aliphatic rings. The summed E-state index contributed by atoms with van der Waals surface area (Å²) < 4.78 is 0. The molecule has 1 heterocycles. The first-order valence-electron chi connectivity index (χ1n) is 4.69. The first kappa shape index (κ1) is 11.3. The van der Waals surface area contributed by atoms with E-state index in [1.807, 2.05) is 0 Å². The molecule has 0 aliphatic carbocycles. The molecule has 1 rings (SSSR count). The van der Waals surface area contributed by atoms with Gasteiger partial charge < -0.3 is 10.2 Å². The summed E-state index contributed by atoms with van der Waals surface area (Å²) in [5.74, 6) is -0.0335. The minimum atomic E-state index is -0.516. The van der Waals surface area contributed by atoms with Crippen LogP contribution in [0.15, 0.2) is 0 Å². The highest BCUT2D eigenvalue weighted by molar-refractivity contribution is 6.30. The van der Waals surface area contributed by atoms with Gasteiger partial charge >= 0.3 is 0 Å². The van der Waals surface area contributed by atoms with Crippen molar-refractivity contribution in [3.8, 4) is 0 Å². The number of likely N-dealkylation sites (tertiary alicyclic amines) is 1. The van der Waals surface area contributed by atoms with Crippen molar-refractivity contribution in [2.45, 2.75) is 31.2 Å². The first-order valence-corrected chi connectivity index (χ1v) is 5.12. The molecule has 5 heteroatoms. The molecule has 0 aromatic carbocycles. The second-order valence-corrected chi connectivity index (χ2v) is 4.29. The van der Waals surface area contributed by atoms with E-state index >= 15 is 0 Å². The standard InChI is InChI=1S/C9H15ClN2O2/c1-6(10)9(14)11-7-3-4-8(13)12(2)5-7/h6-7H,3-5H2,1-2H3,(H,11,14). The molecule has 4 nitrogen and oxygen atoms in total. The van der Waals surface area contributed by atoms with Crippen LogP contribution in [-0.4, -0.2) is 41.7 Å². The summed E-state index contributed by atoms with van der Waals surface area (Å²) in [7, 11) is 1.74. The Balaban J connectivity index is 2.40. The molecule has 80 valence electrons. The summed E-state index contributed by atoms with van der Waals surface area (Å²) in [5.41, 5.74) is 0. The van der Waals surface area contributed by atoms with E-state index in [1.54, 1.807) is 18.9 Å². The summed E-state index contributed by atoms with van der Waals surface area (Å²) in [6.07, 6.45) is 1.20. The van der Waals surface area contributed by atoms with E-state index in [-0.39, 0.29) is 17.9 Å². The number of carbonyl (C=O) groups excluding carboxylic acids is 2. The van der Waals surface area contributed by atoms with Gasteiger partial charge in [0, 0.05) is 26.1 Å². The maximum Gasteiger partial charge on any atom is 0.238 e. The number of amides is 2. The number of alkyl halides is 1. The third-order valence-electron chi connectivity index (χ3n) is 2.33. The Kier molecular flexibility index (Phi) is 3.75. The van der Waals surface area contributed by atoms with E-state index in [1.165, 1.54) is 0 Å². The van der Waals surface area contributed by atoms with Gasteiger partial charge in [0.05, 0.1) is 0 Å². The maximum absolute atomic E-state index is 11.3. The lowest BCUT2D eigenvalue weighted by Gasteiger charge is -2.30. The number of carbonyl (C=O) groups is 2. The van der Waals surface area contributed by atoms with Crippen molar-refractivity contribution in [2.24, 2.45) is 0 Å². The molecule has 2 amide bonds. The van der Waals surface area contributed by atoms with E-state index in [9.17, 15) is 9.59 Å². The van der Waals surface area contributed by atoms with Crippen LogP contribution in [0.3, 0.4) is 0 Å². The number of nitrogens with one attached hydrogen (secondary N) is 1.